The van der Waals surface area contributed by atoms with E-state index in [1.807, 2.05) is 36.4 Å². The van der Waals surface area contributed by atoms with Gasteiger partial charge in [0.2, 0.25) is 0 Å². The lowest BCUT2D eigenvalue weighted by Gasteiger charge is -2.17. The summed E-state index contributed by atoms with van der Waals surface area (Å²) in [5, 5.41) is 14.6. The van der Waals surface area contributed by atoms with E-state index in [0.717, 1.165) is 21.9 Å². The maximum Gasteiger partial charge on any atom is 0.305 e. The summed E-state index contributed by atoms with van der Waals surface area (Å²) in [4.78, 5) is 36.7. The first-order valence-corrected chi connectivity index (χ1v) is 10.7. The predicted octanol–water partition coefficient (Wildman–Crippen LogP) is 3.93. The zero-order chi connectivity index (χ0) is 24.9. The zero-order valence-corrected chi connectivity index (χ0v) is 18.7. The number of aliphatic carboxylic acids is 1. The Morgan fingerprint density at radius 3 is 2.46 bits per heavy atom. The van der Waals surface area contributed by atoms with Crippen LogP contribution < -0.4 is 15.6 Å². The number of carboxylic acid groups (broad SMARTS) is 1. The number of carbonyl (C=O) groups is 2. The number of nitrogens with zero attached hydrogens (tertiary/aromatic N) is 1. The maximum absolute atomic E-state index is 14.1. The molecule has 1 unspecified atom stereocenters. The molecule has 178 valence electrons. The quantitative estimate of drug-likeness (QED) is 0.357. The minimum Gasteiger partial charge on any atom is -0.497 e. The summed E-state index contributed by atoms with van der Waals surface area (Å²) in [6.07, 6.45) is -0.373. The van der Waals surface area contributed by atoms with E-state index in [1.54, 1.807) is 25.3 Å². The van der Waals surface area contributed by atoms with E-state index < -0.39 is 29.3 Å². The molecular weight excluding hydrogens is 453 g/mol. The molecule has 4 rings (SSSR count). The fourth-order valence-electron chi connectivity index (χ4n) is 3.70. The van der Waals surface area contributed by atoms with Crippen LogP contribution in [0, 0.1) is 5.82 Å². The average molecular weight is 475 g/mol. The van der Waals surface area contributed by atoms with Crippen LogP contribution >= 0.6 is 0 Å². The molecule has 8 nitrogen and oxygen atoms in total. The number of rotatable bonds is 8. The van der Waals surface area contributed by atoms with Crippen LogP contribution in [0.3, 0.4) is 0 Å². The van der Waals surface area contributed by atoms with E-state index in [-0.39, 0.29) is 17.8 Å². The number of carbonyl (C=O) groups excluding carboxylic acids is 1. The number of hydrogen-bond donors (Lipinski definition) is 3. The number of ether oxygens (including phenoxy) is 1. The maximum atomic E-state index is 14.1. The molecule has 0 saturated carbocycles. The van der Waals surface area contributed by atoms with Crippen molar-refractivity contribution in [1.82, 2.24) is 15.1 Å². The number of nitrogens with one attached hydrogen (secondary N) is 2. The molecule has 3 aromatic carbocycles. The lowest BCUT2D eigenvalue weighted by Crippen LogP contribution is -2.30. The van der Waals surface area contributed by atoms with Gasteiger partial charge in [0, 0.05) is 6.07 Å². The van der Waals surface area contributed by atoms with Crippen molar-refractivity contribution in [3.8, 4) is 22.6 Å². The summed E-state index contributed by atoms with van der Waals surface area (Å²) in [7, 11) is 1.58. The number of amides is 1. The highest BCUT2D eigenvalue weighted by Crippen LogP contribution is 2.26. The summed E-state index contributed by atoms with van der Waals surface area (Å²) < 4.78 is 20.3. The van der Waals surface area contributed by atoms with E-state index in [9.17, 15) is 23.9 Å². The van der Waals surface area contributed by atoms with Crippen molar-refractivity contribution in [3.63, 3.8) is 0 Å². The largest absolute Gasteiger partial charge is 0.497 e. The minimum atomic E-state index is -1.11. The highest BCUT2D eigenvalue weighted by molar-refractivity contribution is 5.92. The smallest absolute Gasteiger partial charge is 0.305 e. The first-order valence-electron chi connectivity index (χ1n) is 10.7. The van der Waals surface area contributed by atoms with Gasteiger partial charge in [-0.15, -0.1) is 0 Å². The Balaban J connectivity index is 1.57. The summed E-state index contributed by atoms with van der Waals surface area (Å²) in [6, 6.07) is 20.4. The van der Waals surface area contributed by atoms with Crippen molar-refractivity contribution in [1.29, 1.82) is 0 Å². The molecule has 0 radical (unpaired) electrons. The van der Waals surface area contributed by atoms with Gasteiger partial charge in [0.05, 0.1) is 19.6 Å². The van der Waals surface area contributed by atoms with Crippen molar-refractivity contribution in [2.45, 2.75) is 12.5 Å². The van der Waals surface area contributed by atoms with Crippen LogP contribution in [-0.2, 0) is 4.79 Å². The topological polar surface area (TPSA) is 113 Å². The third-order valence-electron chi connectivity index (χ3n) is 5.46. The number of halogens is 1. The highest BCUT2D eigenvalue weighted by Gasteiger charge is 2.21. The Bertz CT molecular complexity index is 1430. The first kappa shape index (κ1) is 23.5. The van der Waals surface area contributed by atoms with Crippen LogP contribution in [0.1, 0.15) is 28.5 Å². The third kappa shape index (κ3) is 5.30. The molecule has 0 aliphatic heterocycles. The van der Waals surface area contributed by atoms with Gasteiger partial charge in [-0.1, -0.05) is 48.5 Å². The fraction of sp³-hybridized carbons (Fsp3) is 0.115. The Hall–Kier alpha value is -4.66. The molecule has 0 saturated heterocycles. The first-order chi connectivity index (χ1) is 16.9. The average Bonchev–Trinajstić information content (AvgIpc) is 3.25. The molecule has 1 heterocycles. The normalized spacial score (nSPS) is 11.6. The number of aromatic amines is 1. The Morgan fingerprint density at radius 1 is 1.03 bits per heavy atom. The van der Waals surface area contributed by atoms with Gasteiger partial charge in [-0.2, -0.15) is 0 Å². The number of hydrogen-bond acceptors (Lipinski definition) is 4. The van der Waals surface area contributed by atoms with Crippen LogP contribution in [0.15, 0.2) is 83.7 Å². The molecule has 0 aliphatic rings. The summed E-state index contributed by atoms with van der Waals surface area (Å²) in [6.45, 7) is 0. The Labute approximate surface area is 199 Å². The molecular formula is C26H22FN3O5. The monoisotopic (exact) mass is 475 g/mol. The van der Waals surface area contributed by atoms with Gasteiger partial charge in [-0.25, -0.2) is 9.07 Å². The van der Waals surface area contributed by atoms with Gasteiger partial charge >= 0.3 is 5.97 Å². The van der Waals surface area contributed by atoms with Crippen molar-refractivity contribution in [3.05, 3.63) is 106 Å². The van der Waals surface area contributed by atoms with Crippen molar-refractivity contribution >= 4 is 11.9 Å². The molecule has 1 aromatic heterocycles. The number of carboxylic acids is 1. The lowest BCUT2D eigenvalue weighted by atomic mass is 9.99. The van der Waals surface area contributed by atoms with Gasteiger partial charge in [0.15, 0.2) is 0 Å². The van der Waals surface area contributed by atoms with Crippen LogP contribution in [0.25, 0.3) is 16.8 Å². The molecule has 0 aliphatic carbocycles. The Morgan fingerprint density at radius 2 is 1.77 bits per heavy atom. The highest BCUT2D eigenvalue weighted by atomic mass is 19.1. The van der Waals surface area contributed by atoms with E-state index in [0.29, 0.717) is 11.3 Å². The van der Waals surface area contributed by atoms with Gasteiger partial charge in [0.25, 0.3) is 11.5 Å². The summed E-state index contributed by atoms with van der Waals surface area (Å²) in [5.41, 5.74) is 1.59. The van der Waals surface area contributed by atoms with Crippen molar-refractivity contribution in [2.75, 3.05) is 7.11 Å². The lowest BCUT2D eigenvalue weighted by molar-refractivity contribution is -0.137. The minimum absolute atomic E-state index is 0.0354. The number of methoxy groups -OCH3 is 1. The van der Waals surface area contributed by atoms with Crippen molar-refractivity contribution in [2.24, 2.45) is 0 Å². The summed E-state index contributed by atoms with van der Waals surface area (Å²) in [5.74, 6) is -1.73. The number of H-pyrrole nitrogens is 1. The van der Waals surface area contributed by atoms with E-state index in [1.165, 1.54) is 18.2 Å². The molecule has 4 aromatic rings. The molecule has 0 fully saturated rings. The van der Waals surface area contributed by atoms with Crippen LogP contribution in [0.5, 0.6) is 5.75 Å². The van der Waals surface area contributed by atoms with E-state index >= 15 is 0 Å². The third-order valence-corrected chi connectivity index (χ3v) is 5.46. The molecule has 0 bridgehead atoms. The fourth-order valence-corrected chi connectivity index (χ4v) is 3.70. The molecule has 1 amide bonds. The number of benzene rings is 3. The van der Waals surface area contributed by atoms with Gasteiger partial charge in [-0.05, 0) is 41.0 Å². The van der Waals surface area contributed by atoms with Crippen LogP contribution in [0.2, 0.25) is 0 Å². The second-order valence-electron chi connectivity index (χ2n) is 7.77. The molecule has 1 atom stereocenters. The second-order valence-corrected chi connectivity index (χ2v) is 7.77. The Kier molecular flexibility index (Phi) is 6.77. The molecule has 35 heavy (non-hydrogen) atoms. The van der Waals surface area contributed by atoms with E-state index in [2.05, 4.69) is 10.4 Å². The summed E-state index contributed by atoms with van der Waals surface area (Å²) >= 11 is 0. The van der Waals surface area contributed by atoms with Gasteiger partial charge in [0.1, 0.15) is 22.9 Å². The molecule has 3 N–H and O–H groups in total. The standard InChI is InChI=1S/C26H22FN3O5/c1-35-19-6-4-5-18(13-19)16-9-11-17(12-10-16)21(15-25(32)33)28-26(34)22-14-24(31)30(29-22)23-8-3-2-7-20(23)27/h2-14,21,29H,15H2,1H3,(H,28,34)(H,32,33). The molecule has 0 spiro atoms. The van der Waals surface area contributed by atoms with Crippen molar-refractivity contribution < 1.29 is 23.8 Å². The molecule has 9 heteroatoms. The van der Waals surface area contributed by atoms with E-state index in [4.69, 9.17) is 4.74 Å². The second kappa shape index (κ2) is 10.1. The van der Waals surface area contributed by atoms with Gasteiger partial charge < -0.3 is 15.2 Å². The zero-order valence-electron chi connectivity index (χ0n) is 18.7. The predicted molar refractivity (Wildman–Crippen MR) is 127 cm³/mol. The van der Waals surface area contributed by atoms with Crippen LogP contribution in [0.4, 0.5) is 4.39 Å². The van der Waals surface area contributed by atoms with Crippen LogP contribution in [-0.4, -0.2) is 33.9 Å². The SMILES string of the molecule is COc1cccc(-c2ccc(C(CC(=O)O)NC(=O)c3cc(=O)n(-c4ccccc4F)[nH]3)cc2)c1. The number of para-hydroxylation sites is 1. The number of aromatic nitrogens is 2. The van der Waals surface area contributed by atoms with Gasteiger partial charge in [-0.3, -0.25) is 19.5 Å².